The summed E-state index contributed by atoms with van der Waals surface area (Å²) in [7, 11) is 1.77. The van der Waals surface area contributed by atoms with Crippen molar-refractivity contribution in [3.05, 3.63) is 33.1 Å². The molecule has 0 saturated heterocycles. The van der Waals surface area contributed by atoms with E-state index in [2.05, 4.69) is 60.8 Å². The highest BCUT2D eigenvalue weighted by molar-refractivity contribution is 14.0. The summed E-state index contributed by atoms with van der Waals surface area (Å²) in [6.45, 7) is 12.0. The monoisotopic (exact) mass is 491 g/mol. The van der Waals surface area contributed by atoms with Gasteiger partial charge in [-0.05, 0) is 6.42 Å². The molecular formula is C18H30IN5OS. The Hall–Kier alpha value is -1.16. The van der Waals surface area contributed by atoms with E-state index in [1.807, 2.05) is 0 Å². The maximum atomic E-state index is 5.41. The molecule has 0 aliphatic carbocycles. The van der Waals surface area contributed by atoms with E-state index in [1.54, 1.807) is 18.4 Å². The quantitative estimate of drug-likeness (QED) is 0.363. The molecule has 8 heteroatoms. The summed E-state index contributed by atoms with van der Waals surface area (Å²) >= 11 is 1.70. The van der Waals surface area contributed by atoms with Gasteiger partial charge in [0.15, 0.2) is 5.96 Å². The third-order valence-electron chi connectivity index (χ3n) is 3.89. The zero-order valence-electron chi connectivity index (χ0n) is 16.5. The molecule has 2 aromatic rings. The second kappa shape index (κ2) is 10.2. The Labute approximate surface area is 177 Å². The number of hydrogen-bond acceptors (Lipinski definition) is 5. The highest BCUT2D eigenvalue weighted by atomic mass is 127. The minimum Gasteiger partial charge on any atom is -0.361 e. The third kappa shape index (κ3) is 5.94. The van der Waals surface area contributed by atoms with Crippen LogP contribution >= 0.6 is 35.3 Å². The minimum atomic E-state index is 0. The first kappa shape index (κ1) is 22.9. The van der Waals surface area contributed by atoms with Crippen molar-refractivity contribution in [3.63, 3.8) is 0 Å². The van der Waals surface area contributed by atoms with Gasteiger partial charge in [-0.25, -0.2) is 4.98 Å². The first-order chi connectivity index (χ1) is 11.9. The van der Waals surface area contributed by atoms with Crippen molar-refractivity contribution in [2.45, 2.75) is 66.0 Å². The summed E-state index contributed by atoms with van der Waals surface area (Å²) in [5, 5.41) is 14.1. The molecule has 0 amide bonds. The molecule has 0 aliphatic rings. The average Bonchev–Trinajstić information content (AvgIpc) is 3.20. The molecule has 0 saturated carbocycles. The summed E-state index contributed by atoms with van der Waals surface area (Å²) in [4.78, 5) is 8.99. The molecule has 0 unspecified atom stereocenters. The van der Waals surface area contributed by atoms with E-state index in [-0.39, 0.29) is 29.4 Å². The first-order valence-electron chi connectivity index (χ1n) is 8.74. The van der Waals surface area contributed by atoms with E-state index < -0.39 is 0 Å². The lowest BCUT2D eigenvalue weighted by atomic mass is 9.98. The van der Waals surface area contributed by atoms with Crippen molar-refractivity contribution in [2.24, 2.45) is 4.99 Å². The number of rotatable bonds is 6. The Morgan fingerprint density at radius 1 is 1.19 bits per heavy atom. The van der Waals surface area contributed by atoms with Gasteiger partial charge >= 0.3 is 0 Å². The molecule has 146 valence electrons. The lowest BCUT2D eigenvalue weighted by Crippen LogP contribution is -2.36. The lowest BCUT2D eigenvalue weighted by Gasteiger charge is -2.14. The fourth-order valence-corrected chi connectivity index (χ4v) is 3.34. The maximum Gasteiger partial charge on any atom is 0.191 e. The molecular weight excluding hydrogens is 461 g/mol. The van der Waals surface area contributed by atoms with Crippen molar-refractivity contribution in [1.29, 1.82) is 0 Å². The average molecular weight is 491 g/mol. The topological polar surface area (TPSA) is 75.3 Å². The summed E-state index contributed by atoms with van der Waals surface area (Å²) in [5.41, 5.74) is 3.27. The number of aromatic nitrogens is 2. The van der Waals surface area contributed by atoms with Crippen LogP contribution in [0.3, 0.4) is 0 Å². The van der Waals surface area contributed by atoms with E-state index in [9.17, 15) is 0 Å². The van der Waals surface area contributed by atoms with Gasteiger partial charge in [-0.3, -0.25) is 4.99 Å². The number of hydrogen-bond donors (Lipinski definition) is 2. The summed E-state index contributed by atoms with van der Waals surface area (Å²) in [6.07, 6.45) is 1.70. The highest BCUT2D eigenvalue weighted by Crippen LogP contribution is 2.25. The molecule has 2 N–H and O–H groups in total. The predicted octanol–water partition coefficient (Wildman–Crippen LogP) is 4.04. The van der Waals surface area contributed by atoms with Crippen molar-refractivity contribution >= 4 is 41.3 Å². The zero-order chi connectivity index (χ0) is 18.4. The second-order valence-electron chi connectivity index (χ2n) is 6.91. The molecule has 6 nitrogen and oxygen atoms in total. The molecule has 26 heavy (non-hydrogen) atoms. The van der Waals surface area contributed by atoms with Gasteiger partial charge in [-0.1, -0.05) is 39.8 Å². The predicted molar refractivity (Wildman–Crippen MR) is 119 cm³/mol. The van der Waals surface area contributed by atoms with Crippen LogP contribution in [0.5, 0.6) is 0 Å². The van der Waals surface area contributed by atoms with Crippen LogP contribution in [0.15, 0.2) is 14.9 Å². The van der Waals surface area contributed by atoms with E-state index in [1.165, 1.54) is 0 Å². The molecule has 0 fully saturated rings. The summed E-state index contributed by atoms with van der Waals surface area (Å²) < 4.78 is 5.41. The molecule has 2 heterocycles. The first-order valence-corrected chi connectivity index (χ1v) is 9.62. The molecule has 0 aromatic carbocycles. The van der Waals surface area contributed by atoms with Gasteiger partial charge < -0.3 is 15.2 Å². The highest BCUT2D eigenvalue weighted by Gasteiger charge is 2.18. The van der Waals surface area contributed by atoms with Crippen molar-refractivity contribution in [3.8, 4) is 0 Å². The Morgan fingerprint density at radius 2 is 1.88 bits per heavy atom. The molecule has 0 radical (unpaired) electrons. The number of nitrogens with one attached hydrogen (secondary N) is 2. The van der Waals surface area contributed by atoms with Crippen LogP contribution in [-0.2, 0) is 31.3 Å². The number of aryl methyl sites for hydroxylation is 2. The Balaban J connectivity index is 0.00000338. The van der Waals surface area contributed by atoms with Gasteiger partial charge in [0.1, 0.15) is 5.76 Å². The van der Waals surface area contributed by atoms with Crippen LogP contribution in [0, 0.1) is 0 Å². The Morgan fingerprint density at radius 3 is 2.42 bits per heavy atom. The molecule has 0 spiro atoms. The van der Waals surface area contributed by atoms with Gasteiger partial charge in [0.25, 0.3) is 0 Å². The Bertz CT molecular complexity index is 696. The Kier molecular flexibility index (Phi) is 9.02. The fraction of sp³-hybridized carbons (Fsp3) is 0.611. The maximum absolute atomic E-state index is 5.41. The molecule has 2 rings (SSSR count). The van der Waals surface area contributed by atoms with Crippen molar-refractivity contribution < 1.29 is 4.52 Å². The van der Waals surface area contributed by atoms with E-state index in [0.29, 0.717) is 13.1 Å². The number of halogens is 1. The molecule has 0 atom stereocenters. The van der Waals surface area contributed by atoms with Crippen LogP contribution in [0.25, 0.3) is 0 Å². The number of aliphatic imine (C=N–C) groups is 1. The van der Waals surface area contributed by atoms with E-state index >= 15 is 0 Å². The number of guanidine groups is 1. The molecule has 0 bridgehead atoms. The van der Waals surface area contributed by atoms with Gasteiger partial charge in [-0.15, -0.1) is 35.3 Å². The van der Waals surface area contributed by atoms with Crippen LogP contribution in [-0.4, -0.2) is 23.1 Å². The number of thiazole rings is 1. The van der Waals surface area contributed by atoms with Crippen LogP contribution in [0.2, 0.25) is 0 Å². The number of nitrogens with zero attached hydrogens (tertiary/aromatic N) is 3. The van der Waals surface area contributed by atoms with Gasteiger partial charge in [-0.2, -0.15) is 0 Å². The van der Waals surface area contributed by atoms with Gasteiger partial charge in [0.2, 0.25) is 0 Å². The zero-order valence-corrected chi connectivity index (χ0v) is 19.6. The van der Waals surface area contributed by atoms with E-state index in [4.69, 9.17) is 9.51 Å². The lowest BCUT2D eigenvalue weighted by molar-refractivity contribution is 0.380. The van der Waals surface area contributed by atoms with Crippen molar-refractivity contribution in [1.82, 2.24) is 20.8 Å². The fourth-order valence-electron chi connectivity index (χ4n) is 2.44. The van der Waals surface area contributed by atoms with Crippen LogP contribution in [0.1, 0.15) is 62.3 Å². The summed E-state index contributed by atoms with van der Waals surface area (Å²) in [6, 6.07) is 0. The largest absolute Gasteiger partial charge is 0.361 e. The van der Waals surface area contributed by atoms with Crippen LogP contribution < -0.4 is 10.6 Å². The second-order valence-corrected chi connectivity index (χ2v) is 7.77. The third-order valence-corrected chi connectivity index (χ3v) is 5.21. The SMILES string of the molecule is CCc1noc(CC)c1CNC(=NC)NCc1csc(C(C)(C)C)n1.I. The molecule has 0 aliphatic heterocycles. The normalized spacial score (nSPS) is 12.0. The standard InChI is InChI=1S/C18H29N5OS.HI/c1-7-14-13(15(8-2)24-23-14)10-21-17(19-6)20-9-12-11-25-16(22-12)18(3,4)5;/h11H,7-10H2,1-6H3,(H2,19,20,21);1H. The molecule has 2 aromatic heterocycles. The smallest absolute Gasteiger partial charge is 0.191 e. The van der Waals surface area contributed by atoms with Gasteiger partial charge in [0, 0.05) is 36.4 Å². The van der Waals surface area contributed by atoms with Crippen molar-refractivity contribution in [2.75, 3.05) is 7.05 Å². The minimum absolute atomic E-state index is 0. The van der Waals surface area contributed by atoms with Gasteiger partial charge in [0.05, 0.1) is 22.9 Å². The van der Waals surface area contributed by atoms with E-state index in [0.717, 1.165) is 46.5 Å². The van der Waals surface area contributed by atoms with Crippen LogP contribution in [0.4, 0.5) is 0 Å². The summed E-state index contributed by atoms with van der Waals surface area (Å²) in [5.74, 6) is 1.68.